The molecule has 0 aliphatic carbocycles. The molecular weight excluding hydrogens is 1740 g/mol. The molecular formula is C78H123N38O5P3S3. The lowest BCUT2D eigenvalue weighted by Crippen LogP contribution is -2.37. The standard InChI is InChI=1S/C11H10N2.C7H8N2.2C6H7N3.C5H8N2O2.2C5H7N.C4H10N2.2C3H6N2.C3H5NO.C3H6NP.C3H5NS.C3H6P2.C2H5N3.2C2H4N2O.2C2H4N2S.CH4N4/c1-3-8-4-2-6-10-11(8)9(5-1)12-7-13-10;1-2-4-7-6(3-1)8-5-9-7;1-2-7-3-6-5(1)8-4-9-6;1-2-5-6(7-3-1)9-4-8-5;1-2-9-5-4(8-1)6-3-7-5;2*1-2-4-6-5-3-1;1-2-5-4-6-3-1;1-2-5-3-4-1;1-2-4-5-3-1;4*1-2-5-3-4-1;1-3-2-5-4-1;1-3-4-2-5-1;1-3-2-5-4-1;1-3-4-2-5-1;1-3-2-5-4-1;1-2-4-5-3-1/h1-6,12-13H,7H2;1-4,8-9H,5H2;1-3,8-9H,4H2;1-3,8H,4H2,(H,7,9);6-7H,1-3H2;2-6H,1H2;1-4,6H,5H2;5-6H,1-4H2;2*1-2,4-5H,3H2;1-2,4H,3H2;1-2,4-5H,3H2;1-2,4H,3H2;1-2,4-5H,3H2;1,5H,2H2,(H,3,4);1,4H,2H2;1H,2H2,(H,3,4);1,4H,2H2;1H,2H2,(H,3,4);1H2,(H,2,5)(H,3,4). The van der Waals surface area contributed by atoms with Gasteiger partial charge in [0.2, 0.25) is 0 Å². The van der Waals surface area contributed by atoms with E-state index < -0.39 is 0 Å². The predicted octanol–water partition coefficient (Wildman–Crippen LogP) is 6.82. The highest BCUT2D eigenvalue weighted by Gasteiger charge is 2.19. The molecule has 2 aromatic heterocycles. The fraction of sp³-hybridized carbons (Fsp3) is 0.321. The highest BCUT2D eigenvalue weighted by Crippen LogP contribution is 2.34. The first-order chi connectivity index (χ1) is 63.3. The van der Waals surface area contributed by atoms with E-state index in [4.69, 9.17) is 9.47 Å². The van der Waals surface area contributed by atoms with Gasteiger partial charge in [-0.15, -0.1) is 16.9 Å². The quantitative estimate of drug-likeness (QED) is 0.0558. The van der Waals surface area contributed by atoms with Crippen molar-refractivity contribution in [3.8, 4) is 0 Å². The molecule has 3 aromatic carbocycles. The molecule has 49 heteroatoms. The normalized spacial score (nSPS) is 18.2. The van der Waals surface area contributed by atoms with E-state index in [9.17, 15) is 0 Å². The third-order valence-corrected chi connectivity index (χ3v) is 20.9. The molecule has 21 aliphatic heterocycles. The van der Waals surface area contributed by atoms with Crippen LogP contribution < -0.4 is 155 Å². The summed E-state index contributed by atoms with van der Waals surface area (Å²) >= 11 is 5.06. The number of pyridine rings is 2. The van der Waals surface area contributed by atoms with E-state index in [1.807, 2.05) is 110 Å². The van der Waals surface area contributed by atoms with Crippen LogP contribution in [0.1, 0.15) is 12.8 Å². The summed E-state index contributed by atoms with van der Waals surface area (Å²) in [5, 5.41) is 77.1. The topological polar surface area (TPSA) is 507 Å². The van der Waals surface area contributed by atoms with Gasteiger partial charge in [0.25, 0.3) is 11.8 Å². The number of hydrogen-bond acceptors (Lipinski definition) is 46. The Kier molecular flexibility index (Phi) is 60.3. The molecule has 1 saturated heterocycles. The van der Waals surface area contributed by atoms with Gasteiger partial charge in [0.05, 0.1) is 105 Å². The summed E-state index contributed by atoms with van der Waals surface area (Å²) < 4.78 is 22.4. The summed E-state index contributed by atoms with van der Waals surface area (Å²) in [5.41, 5.74) is 33.9. The van der Waals surface area contributed by atoms with E-state index in [1.54, 1.807) is 78.6 Å². The molecule has 29 N–H and O–H groups in total. The second kappa shape index (κ2) is 75.2. The van der Waals surface area contributed by atoms with Gasteiger partial charge >= 0.3 is 0 Å². The lowest BCUT2D eigenvalue weighted by atomic mass is 10.1. The van der Waals surface area contributed by atoms with Crippen molar-refractivity contribution in [2.24, 2.45) is 35.5 Å². The Hall–Kier alpha value is -12.2. The summed E-state index contributed by atoms with van der Waals surface area (Å²) in [5.74, 6) is 13.5. The number of anilines is 8. The van der Waals surface area contributed by atoms with Crippen molar-refractivity contribution in [3.63, 3.8) is 0 Å². The zero-order valence-electron chi connectivity index (χ0n) is 70.6. The highest BCUT2D eigenvalue weighted by molar-refractivity contribution is 8.12. The predicted molar refractivity (Wildman–Crippen MR) is 534 cm³/mol. The second-order valence-corrected chi connectivity index (χ2v) is 31.1. The Morgan fingerprint density at radius 1 is 0.480 bits per heavy atom. The maximum absolute atomic E-state index is 5.18. The molecule has 3 atom stereocenters. The molecule has 0 saturated carbocycles. The van der Waals surface area contributed by atoms with Crippen molar-refractivity contribution < 1.29 is 23.8 Å². The van der Waals surface area contributed by atoms with Crippen molar-refractivity contribution in [1.82, 2.24) is 122 Å². The summed E-state index contributed by atoms with van der Waals surface area (Å²) in [6.07, 6.45) is 46.1. The number of allylic oxidation sites excluding steroid dienone is 4. The van der Waals surface area contributed by atoms with Crippen molar-refractivity contribution in [3.05, 3.63) is 231 Å². The first-order valence-corrected chi connectivity index (χ1v) is 47.4. The van der Waals surface area contributed by atoms with Gasteiger partial charge in [-0.25, -0.2) is 26.4 Å². The Balaban J connectivity index is 0.000000185. The van der Waals surface area contributed by atoms with E-state index in [2.05, 4.69) is 299 Å². The van der Waals surface area contributed by atoms with Crippen LogP contribution in [0.3, 0.4) is 0 Å². The highest BCUT2D eigenvalue weighted by atomic mass is 32.2. The van der Waals surface area contributed by atoms with Crippen molar-refractivity contribution in [1.29, 1.82) is 0 Å². The molecule has 127 heavy (non-hydrogen) atoms. The van der Waals surface area contributed by atoms with Gasteiger partial charge in [0.15, 0.2) is 32.4 Å². The fourth-order valence-electron chi connectivity index (χ4n) is 9.84. The zero-order chi connectivity index (χ0) is 88.2. The van der Waals surface area contributed by atoms with Gasteiger partial charge in [-0.05, 0) is 134 Å². The van der Waals surface area contributed by atoms with Crippen molar-refractivity contribution >= 4 is 149 Å². The minimum atomic E-state index is 0.458. The molecule has 21 aliphatic rings. The zero-order valence-corrected chi connectivity index (χ0v) is 76.1. The molecule has 5 aromatic rings. The number of hydroxylamine groups is 1. The van der Waals surface area contributed by atoms with Crippen molar-refractivity contribution in [2.75, 3.05) is 192 Å². The minimum absolute atomic E-state index is 0.458. The first-order valence-electron chi connectivity index (χ1n) is 40.5. The number of aromatic nitrogens is 2. The molecule has 0 spiro atoms. The molecule has 1 fully saturated rings. The average Bonchev–Trinajstić information content (AvgIpc) is 1.07. The molecule has 3 unspecified atom stereocenters. The number of hydrazine groups is 3. The number of aliphatic imine (C=N–C) groups is 3. The Morgan fingerprint density at radius 2 is 1.23 bits per heavy atom. The van der Waals surface area contributed by atoms with Crippen molar-refractivity contribution in [2.45, 2.75) is 12.8 Å². The summed E-state index contributed by atoms with van der Waals surface area (Å²) in [6.45, 7) is 14.4. The number of rotatable bonds is 0. The third kappa shape index (κ3) is 53.0. The van der Waals surface area contributed by atoms with Crippen LogP contribution in [-0.2, 0) is 23.8 Å². The molecule has 0 bridgehead atoms. The van der Waals surface area contributed by atoms with Gasteiger partial charge in [-0.1, -0.05) is 121 Å². The molecule has 26 rings (SSSR count). The number of hydrazone groups is 2. The maximum atomic E-state index is 5.18. The number of nitrogens with zero attached hydrogens (tertiary/aromatic N) is 9. The van der Waals surface area contributed by atoms with Crippen LogP contribution in [0.5, 0.6) is 0 Å². The van der Waals surface area contributed by atoms with E-state index in [1.165, 1.54) is 78.0 Å². The summed E-state index contributed by atoms with van der Waals surface area (Å²) in [7, 11) is 3.30. The number of thioether (sulfide) groups is 2. The van der Waals surface area contributed by atoms with Crippen LogP contribution in [0.15, 0.2) is 266 Å². The molecule has 43 nitrogen and oxygen atoms in total. The van der Waals surface area contributed by atoms with Gasteiger partial charge in [0, 0.05) is 86.2 Å². The van der Waals surface area contributed by atoms with E-state index in [0.29, 0.717) is 53.4 Å². The summed E-state index contributed by atoms with van der Waals surface area (Å²) in [6, 6.07) is 26.7. The minimum Gasteiger partial charge on any atom is -0.479 e. The molecule has 688 valence electrons. The fourth-order valence-corrected chi connectivity index (χ4v) is 14.0. The van der Waals surface area contributed by atoms with E-state index in [0.717, 1.165) is 138 Å². The lowest BCUT2D eigenvalue weighted by molar-refractivity contribution is 0.0572. The first kappa shape index (κ1) is 102. The van der Waals surface area contributed by atoms with Crippen LogP contribution in [0.4, 0.5) is 45.6 Å². The monoisotopic (exact) mass is 1860 g/mol. The van der Waals surface area contributed by atoms with E-state index in [-0.39, 0.29) is 0 Å². The maximum Gasteiger partial charge on any atom is 0.250 e. The number of hydrogen-bond donors (Lipinski definition) is 29. The number of fused-ring (bicyclic) bond motifs is 3. The number of nitrogens with one attached hydrogen (secondary N) is 29. The largest absolute Gasteiger partial charge is 0.479 e. The summed E-state index contributed by atoms with van der Waals surface area (Å²) in [4.78, 5) is 23.7. The third-order valence-electron chi connectivity index (χ3n) is 15.5. The van der Waals surface area contributed by atoms with Crippen LogP contribution in [0.2, 0.25) is 0 Å². The van der Waals surface area contributed by atoms with E-state index >= 15 is 0 Å². The average molecular weight is 1860 g/mol. The van der Waals surface area contributed by atoms with Crippen LogP contribution in [-0.4, -0.2) is 190 Å². The van der Waals surface area contributed by atoms with Gasteiger partial charge < -0.3 is 136 Å². The Morgan fingerprint density at radius 3 is 1.59 bits per heavy atom. The molecule has 0 amide bonds. The number of ether oxygens (including phenoxy) is 4. The number of dihydropyridines is 2. The van der Waals surface area contributed by atoms with Crippen LogP contribution in [0, 0.1) is 0 Å². The number of benzene rings is 3. The second-order valence-electron chi connectivity index (χ2n) is 24.6. The smallest absolute Gasteiger partial charge is 0.250 e. The SMILES string of the molecule is C1=CCNC=C1.C1=CNC=CC1.C1=CNCN1.C1=CNNC1.C1=COCN1.C1=CPCN1.C1=CPCP1.C1=CSCN1.C1=NCNN1.C1=NCON1.C1=NCSN1.C1=NNCO1.C1=NNCS1.C1CNCNC1.C1N=NNN1.C1NC2=C(N1)OCCO2.c1cc2c(cn1)NCN2.c1cc2c3c(cccc3c1)NCN2.c1ccc2c(c1)NCN2.c1cnc2c(c1)NCN2. The van der Waals surface area contributed by atoms with Gasteiger partial charge in [0.1, 0.15) is 45.0 Å². The Labute approximate surface area is 761 Å². The molecule has 0 radical (unpaired) electrons. The van der Waals surface area contributed by atoms with Gasteiger partial charge in [-0.3, -0.25) is 36.1 Å². The molecule has 23 heterocycles. The lowest BCUT2D eigenvalue weighted by Gasteiger charge is -2.20. The Bertz CT molecular complexity index is 3540. The van der Waals surface area contributed by atoms with Crippen LogP contribution in [0.25, 0.3) is 10.8 Å². The van der Waals surface area contributed by atoms with Crippen LogP contribution >= 0.6 is 61.2 Å². The number of para-hydroxylation sites is 2. The van der Waals surface area contributed by atoms with Gasteiger partial charge in [-0.2, -0.15) is 15.6 Å².